The molecule has 0 fully saturated rings. The van der Waals surface area contributed by atoms with E-state index >= 15 is 0 Å². The van der Waals surface area contributed by atoms with Gasteiger partial charge in [0.1, 0.15) is 0 Å². The summed E-state index contributed by atoms with van der Waals surface area (Å²) in [5.74, 6) is -0.355. The van der Waals surface area contributed by atoms with Crippen molar-refractivity contribution >= 4 is 27.7 Å². The van der Waals surface area contributed by atoms with Crippen LogP contribution in [0.2, 0.25) is 0 Å². The van der Waals surface area contributed by atoms with Crippen LogP contribution in [0.25, 0.3) is 38.8 Å². The summed E-state index contributed by atoms with van der Waals surface area (Å²) in [4.78, 5) is 26.7. The first-order valence-electron chi connectivity index (χ1n) is 11.4. The average Bonchev–Trinajstić information content (AvgIpc) is 3.24. The fourth-order valence-electron chi connectivity index (χ4n) is 4.62. The van der Waals surface area contributed by atoms with Gasteiger partial charge in [0.25, 0.3) is 11.5 Å². The Kier molecular flexibility index (Phi) is 5.00. The summed E-state index contributed by atoms with van der Waals surface area (Å²) in [6.07, 6.45) is 0. The first kappa shape index (κ1) is 20.7. The largest absolute Gasteiger partial charge is 0.307 e. The molecule has 0 saturated heterocycles. The number of fused-ring (bicyclic) bond motifs is 3. The van der Waals surface area contributed by atoms with Gasteiger partial charge in [-0.3, -0.25) is 15.0 Å². The number of nitrogens with zero attached hydrogens (tertiary/aromatic N) is 2. The molecule has 0 atom stereocenters. The number of carbonyl (C=O) groups excluding carboxylic acids is 1. The van der Waals surface area contributed by atoms with Crippen molar-refractivity contribution in [3.05, 3.63) is 137 Å². The van der Waals surface area contributed by atoms with Gasteiger partial charge in [-0.1, -0.05) is 84.9 Å². The van der Waals surface area contributed by atoms with Gasteiger partial charge in [0.05, 0.1) is 16.7 Å². The number of hydrogen-bond acceptors (Lipinski definition) is 2. The van der Waals surface area contributed by atoms with Crippen molar-refractivity contribution in [1.82, 2.24) is 9.24 Å². The van der Waals surface area contributed by atoms with Crippen LogP contribution in [0.4, 0.5) is 0 Å². The molecule has 0 aliphatic rings. The zero-order chi connectivity index (χ0) is 23.8. The molecule has 2 heterocycles. The topological polar surface area (TPSA) is 56.0 Å². The third kappa shape index (κ3) is 3.50. The first-order valence-corrected chi connectivity index (χ1v) is 11.4. The molecular formula is C30H21N3O2. The van der Waals surface area contributed by atoms with Gasteiger partial charge in [-0.2, -0.15) is 0 Å². The monoisotopic (exact) mass is 455 g/mol. The molecule has 5 nitrogen and oxygen atoms in total. The van der Waals surface area contributed by atoms with Crippen LogP contribution < -0.4 is 11.0 Å². The summed E-state index contributed by atoms with van der Waals surface area (Å²) in [5.41, 5.74) is 7.27. The van der Waals surface area contributed by atoms with Gasteiger partial charge in [0.2, 0.25) is 0 Å². The van der Waals surface area contributed by atoms with Crippen LogP contribution in [-0.4, -0.2) is 15.2 Å². The molecule has 0 aliphatic heterocycles. The Morgan fingerprint density at radius 1 is 0.657 bits per heavy atom. The van der Waals surface area contributed by atoms with E-state index in [1.54, 1.807) is 30.3 Å². The zero-order valence-corrected chi connectivity index (χ0v) is 18.8. The zero-order valence-electron chi connectivity index (χ0n) is 18.8. The Hall–Kier alpha value is -4.90. The summed E-state index contributed by atoms with van der Waals surface area (Å²) < 4.78 is 3.52. The summed E-state index contributed by atoms with van der Waals surface area (Å²) in [6.45, 7) is 0. The van der Waals surface area contributed by atoms with Crippen molar-refractivity contribution < 1.29 is 4.79 Å². The molecule has 0 radical (unpaired) electrons. The van der Waals surface area contributed by atoms with E-state index in [2.05, 4.69) is 16.1 Å². The number of nitrogens with one attached hydrogen (secondary N) is 1. The number of carbonyl (C=O) groups is 1. The van der Waals surface area contributed by atoms with E-state index in [0.717, 1.165) is 33.1 Å². The molecular weight excluding hydrogens is 434 g/mol. The van der Waals surface area contributed by atoms with Gasteiger partial charge >= 0.3 is 0 Å². The van der Waals surface area contributed by atoms with Crippen molar-refractivity contribution in [3.8, 4) is 16.9 Å². The Morgan fingerprint density at radius 2 is 1.26 bits per heavy atom. The summed E-state index contributed by atoms with van der Waals surface area (Å²) >= 11 is 0. The number of pyridine rings is 1. The Labute approximate surface area is 201 Å². The van der Waals surface area contributed by atoms with Gasteiger partial charge in [-0.05, 0) is 30.3 Å². The van der Waals surface area contributed by atoms with E-state index in [1.807, 2.05) is 84.9 Å². The number of benzene rings is 4. The van der Waals surface area contributed by atoms with E-state index in [9.17, 15) is 9.59 Å². The van der Waals surface area contributed by atoms with Gasteiger partial charge in [-0.25, -0.2) is 4.68 Å². The number of rotatable bonds is 4. The molecule has 6 aromatic rings. The van der Waals surface area contributed by atoms with Gasteiger partial charge in [0, 0.05) is 33.7 Å². The second-order valence-corrected chi connectivity index (χ2v) is 8.29. The third-order valence-electron chi connectivity index (χ3n) is 6.16. The van der Waals surface area contributed by atoms with E-state index in [4.69, 9.17) is 0 Å². The summed E-state index contributed by atoms with van der Waals surface area (Å²) in [7, 11) is 0. The standard InChI is InChI=1S/C30H21N3O2/c34-27-20-25-24-18-10-11-19-26(24)32(23-16-8-3-9-17-23)29(25)28(21-12-4-1-5-13-21)33(27)31-30(35)22-14-6-2-7-15-22/h1-20H,(H,31,35). The van der Waals surface area contributed by atoms with Crippen LogP contribution in [0.5, 0.6) is 0 Å². The molecule has 2 aromatic heterocycles. The van der Waals surface area contributed by atoms with Crippen LogP contribution in [0.1, 0.15) is 10.4 Å². The molecule has 1 N–H and O–H groups in total. The lowest BCUT2D eigenvalue weighted by Crippen LogP contribution is -2.34. The maximum Gasteiger partial charge on any atom is 0.270 e. The molecule has 0 unspecified atom stereocenters. The fourth-order valence-corrected chi connectivity index (χ4v) is 4.62. The molecule has 4 aromatic carbocycles. The highest BCUT2D eigenvalue weighted by molar-refractivity contribution is 6.13. The van der Waals surface area contributed by atoms with Crippen molar-refractivity contribution in [2.45, 2.75) is 0 Å². The molecule has 0 bridgehead atoms. The van der Waals surface area contributed by atoms with E-state index in [0.29, 0.717) is 11.3 Å². The van der Waals surface area contributed by atoms with Crippen molar-refractivity contribution in [2.24, 2.45) is 0 Å². The average molecular weight is 456 g/mol. The highest BCUT2D eigenvalue weighted by Crippen LogP contribution is 2.36. The smallest absolute Gasteiger partial charge is 0.270 e. The molecule has 6 rings (SSSR count). The number of hydrogen-bond donors (Lipinski definition) is 1. The van der Waals surface area contributed by atoms with Gasteiger partial charge in [-0.15, -0.1) is 0 Å². The Morgan fingerprint density at radius 3 is 1.97 bits per heavy atom. The van der Waals surface area contributed by atoms with Crippen LogP contribution in [0.3, 0.4) is 0 Å². The lowest BCUT2D eigenvalue weighted by Gasteiger charge is -2.18. The van der Waals surface area contributed by atoms with E-state index < -0.39 is 0 Å². The first-order chi connectivity index (χ1) is 17.2. The SMILES string of the molecule is O=C(Nn1c(-c2ccccc2)c2c(cc1=O)c1ccccc1n2-c1ccccc1)c1ccccc1. The number of para-hydroxylation sites is 2. The molecule has 1 amide bonds. The molecule has 0 aliphatic carbocycles. The predicted octanol–water partition coefficient (Wildman–Crippen LogP) is 6.00. The second kappa shape index (κ2) is 8.47. The number of aromatic nitrogens is 2. The lowest BCUT2D eigenvalue weighted by molar-refractivity contribution is 0.101. The Balaban J connectivity index is 1.74. The molecule has 168 valence electrons. The van der Waals surface area contributed by atoms with Crippen LogP contribution in [0, 0.1) is 0 Å². The Bertz CT molecular complexity index is 1740. The minimum atomic E-state index is -0.355. The number of amides is 1. The van der Waals surface area contributed by atoms with Gasteiger partial charge in [0.15, 0.2) is 0 Å². The van der Waals surface area contributed by atoms with E-state index in [-0.39, 0.29) is 11.5 Å². The van der Waals surface area contributed by atoms with E-state index in [1.165, 1.54) is 4.68 Å². The van der Waals surface area contributed by atoms with Crippen LogP contribution in [0.15, 0.2) is 126 Å². The highest BCUT2D eigenvalue weighted by Gasteiger charge is 2.22. The van der Waals surface area contributed by atoms with Crippen LogP contribution >= 0.6 is 0 Å². The fraction of sp³-hybridized carbons (Fsp3) is 0. The van der Waals surface area contributed by atoms with Crippen LogP contribution in [-0.2, 0) is 0 Å². The van der Waals surface area contributed by atoms with Crippen molar-refractivity contribution in [3.63, 3.8) is 0 Å². The minimum absolute atomic E-state index is 0.309. The summed E-state index contributed by atoms with van der Waals surface area (Å²) in [6, 6.07) is 38.3. The van der Waals surface area contributed by atoms with Crippen molar-refractivity contribution in [2.75, 3.05) is 5.43 Å². The maximum absolute atomic E-state index is 13.5. The van der Waals surface area contributed by atoms with Crippen molar-refractivity contribution in [1.29, 1.82) is 0 Å². The molecule has 0 spiro atoms. The highest BCUT2D eigenvalue weighted by atomic mass is 16.2. The maximum atomic E-state index is 13.5. The summed E-state index contributed by atoms with van der Waals surface area (Å²) in [5, 5.41) is 1.81. The quantitative estimate of drug-likeness (QED) is 0.355. The molecule has 0 saturated carbocycles. The minimum Gasteiger partial charge on any atom is -0.307 e. The molecule has 5 heteroatoms. The molecule has 35 heavy (non-hydrogen) atoms. The second-order valence-electron chi connectivity index (χ2n) is 8.29. The third-order valence-corrected chi connectivity index (χ3v) is 6.16. The lowest BCUT2D eigenvalue weighted by atomic mass is 10.1. The normalized spacial score (nSPS) is 11.1. The van der Waals surface area contributed by atoms with Gasteiger partial charge < -0.3 is 4.57 Å². The predicted molar refractivity (Wildman–Crippen MR) is 141 cm³/mol.